The molecule has 0 heterocycles. The Morgan fingerprint density at radius 1 is 0.944 bits per heavy atom. The molecule has 1 aromatic rings. The number of hydrogen-bond donors (Lipinski definition) is 1. The molecule has 18 heavy (non-hydrogen) atoms. The maximum atomic E-state index is 6.38. The summed E-state index contributed by atoms with van der Waals surface area (Å²) in [6.07, 6.45) is 8.97. The van der Waals surface area contributed by atoms with E-state index >= 15 is 0 Å². The minimum absolute atomic E-state index is 0.319. The second kappa shape index (κ2) is 9.16. The first-order valence-electron chi connectivity index (χ1n) is 7.60. The average molecular weight is 247 g/mol. The van der Waals surface area contributed by atoms with Crippen molar-refractivity contribution in [3.8, 4) is 0 Å². The van der Waals surface area contributed by atoms with Crippen LogP contribution in [0.3, 0.4) is 0 Å². The molecule has 0 saturated heterocycles. The Hall–Kier alpha value is -0.820. The molecule has 0 aliphatic heterocycles. The zero-order chi connectivity index (χ0) is 13.2. The largest absolute Gasteiger partial charge is 0.327 e. The second-order valence-corrected chi connectivity index (χ2v) is 5.29. The monoisotopic (exact) mass is 247 g/mol. The van der Waals surface area contributed by atoms with Gasteiger partial charge in [0.05, 0.1) is 0 Å². The van der Waals surface area contributed by atoms with Crippen LogP contribution < -0.4 is 5.73 Å². The molecule has 0 aliphatic rings. The van der Waals surface area contributed by atoms with Gasteiger partial charge < -0.3 is 5.73 Å². The van der Waals surface area contributed by atoms with E-state index in [4.69, 9.17) is 5.73 Å². The van der Waals surface area contributed by atoms with E-state index in [2.05, 4.69) is 44.2 Å². The summed E-state index contributed by atoms with van der Waals surface area (Å²) < 4.78 is 0. The Balaban J connectivity index is 2.36. The minimum Gasteiger partial charge on any atom is -0.327 e. The van der Waals surface area contributed by atoms with Crippen LogP contribution in [0.15, 0.2) is 30.3 Å². The lowest BCUT2D eigenvalue weighted by Gasteiger charge is -2.23. The van der Waals surface area contributed by atoms with Gasteiger partial charge in [-0.05, 0) is 24.3 Å². The zero-order valence-electron chi connectivity index (χ0n) is 12.1. The van der Waals surface area contributed by atoms with E-state index in [0.717, 1.165) is 12.8 Å². The van der Waals surface area contributed by atoms with Crippen molar-refractivity contribution in [1.29, 1.82) is 0 Å². The molecule has 0 amide bonds. The number of hydrogen-bond acceptors (Lipinski definition) is 1. The average Bonchev–Trinajstić information content (AvgIpc) is 2.40. The summed E-state index contributed by atoms with van der Waals surface area (Å²) in [7, 11) is 0. The molecule has 0 saturated carbocycles. The van der Waals surface area contributed by atoms with E-state index < -0.39 is 0 Å². The van der Waals surface area contributed by atoms with Crippen molar-refractivity contribution in [2.45, 2.75) is 70.8 Å². The molecule has 2 N–H and O–H groups in total. The van der Waals surface area contributed by atoms with Gasteiger partial charge in [-0.1, -0.05) is 76.3 Å². The molecule has 0 aliphatic carbocycles. The summed E-state index contributed by atoms with van der Waals surface area (Å²) in [5, 5.41) is 0. The number of nitrogens with two attached hydrogens (primary N) is 1. The van der Waals surface area contributed by atoms with E-state index in [1.165, 1.54) is 37.7 Å². The maximum absolute atomic E-state index is 6.38. The van der Waals surface area contributed by atoms with Gasteiger partial charge >= 0.3 is 0 Å². The minimum atomic E-state index is 0.319. The number of unbranched alkanes of at least 4 members (excludes halogenated alkanes) is 4. The molecule has 0 radical (unpaired) electrons. The Morgan fingerprint density at radius 2 is 1.61 bits per heavy atom. The highest BCUT2D eigenvalue weighted by Crippen LogP contribution is 2.25. The maximum Gasteiger partial charge on any atom is 0.0108 e. The molecule has 1 aromatic carbocycles. The van der Waals surface area contributed by atoms with Gasteiger partial charge in [0, 0.05) is 6.04 Å². The summed E-state index contributed by atoms with van der Waals surface area (Å²) in [5.41, 5.74) is 7.78. The molecule has 1 heteroatoms. The molecule has 0 fully saturated rings. The van der Waals surface area contributed by atoms with Crippen LogP contribution in [0.2, 0.25) is 0 Å². The lowest BCUT2D eigenvalue weighted by molar-refractivity contribution is 0.460. The van der Waals surface area contributed by atoms with Crippen molar-refractivity contribution in [2.24, 2.45) is 5.73 Å². The molecule has 0 aromatic heterocycles. The predicted octanol–water partition coefficient (Wildman–Crippen LogP) is 4.87. The van der Waals surface area contributed by atoms with Gasteiger partial charge in [-0.25, -0.2) is 0 Å². The SMILES string of the molecule is CCCCCCCC(N)C(CC)c1ccccc1. The van der Waals surface area contributed by atoms with E-state index in [0.29, 0.717) is 12.0 Å². The topological polar surface area (TPSA) is 26.0 Å². The summed E-state index contributed by atoms with van der Waals surface area (Å²) in [4.78, 5) is 0. The van der Waals surface area contributed by atoms with Crippen molar-refractivity contribution in [3.05, 3.63) is 35.9 Å². The lowest BCUT2D eigenvalue weighted by atomic mass is 9.87. The van der Waals surface area contributed by atoms with Gasteiger partial charge in [-0.2, -0.15) is 0 Å². The molecule has 102 valence electrons. The number of benzene rings is 1. The molecule has 2 atom stereocenters. The van der Waals surface area contributed by atoms with Crippen LogP contribution in [0.25, 0.3) is 0 Å². The third-order valence-corrected chi connectivity index (χ3v) is 3.83. The van der Waals surface area contributed by atoms with E-state index in [1.807, 2.05) is 0 Å². The van der Waals surface area contributed by atoms with E-state index in [-0.39, 0.29) is 0 Å². The molecule has 2 unspecified atom stereocenters. The fourth-order valence-electron chi connectivity index (χ4n) is 2.67. The normalized spacial score (nSPS) is 14.4. The predicted molar refractivity (Wildman–Crippen MR) is 80.8 cm³/mol. The van der Waals surface area contributed by atoms with Gasteiger partial charge in [0.25, 0.3) is 0 Å². The van der Waals surface area contributed by atoms with E-state index in [9.17, 15) is 0 Å². The van der Waals surface area contributed by atoms with Gasteiger partial charge in [0.1, 0.15) is 0 Å². The summed E-state index contributed by atoms with van der Waals surface area (Å²) >= 11 is 0. The molecule has 1 rings (SSSR count). The van der Waals surface area contributed by atoms with Crippen molar-refractivity contribution in [1.82, 2.24) is 0 Å². The number of rotatable bonds is 9. The van der Waals surface area contributed by atoms with Crippen LogP contribution in [0.5, 0.6) is 0 Å². The Labute approximate surface area is 113 Å². The van der Waals surface area contributed by atoms with Crippen LogP contribution in [0.4, 0.5) is 0 Å². The molecular weight excluding hydrogens is 218 g/mol. The van der Waals surface area contributed by atoms with Gasteiger partial charge in [-0.15, -0.1) is 0 Å². The smallest absolute Gasteiger partial charge is 0.0108 e. The Bertz CT molecular complexity index is 294. The quantitative estimate of drug-likeness (QED) is 0.619. The lowest BCUT2D eigenvalue weighted by Crippen LogP contribution is -2.28. The Morgan fingerprint density at radius 3 is 2.22 bits per heavy atom. The first kappa shape index (κ1) is 15.2. The molecular formula is C17H29N. The standard InChI is InChI=1S/C17H29N/c1-3-5-6-7-11-14-17(18)16(4-2)15-12-9-8-10-13-15/h8-10,12-13,16-17H,3-7,11,14,18H2,1-2H3. The highest BCUT2D eigenvalue weighted by atomic mass is 14.6. The first-order valence-corrected chi connectivity index (χ1v) is 7.60. The third kappa shape index (κ3) is 5.22. The van der Waals surface area contributed by atoms with Crippen molar-refractivity contribution >= 4 is 0 Å². The summed E-state index contributed by atoms with van der Waals surface area (Å²) in [6, 6.07) is 11.1. The van der Waals surface area contributed by atoms with Gasteiger partial charge in [0.15, 0.2) is 0 Å². The van der Waals surface area contributed by atoms with Crippen LogP contribution in [0, 0.1) is 0 Å². The fourth-order valence-corrected chi connectivity index (χ4v) is 2.67. The summed E-state index contributed by atoms with van der Waals surface area (Å²) in [5.74, 6) is 0.525. The van der Waals surface area contributed by atoms with Crippen LogP contribution >= 0.6 is 0 Å². The van der Waals surface area contributed by atoms with Crippen LogP contribution in [0.1, 0.15) is 70.3 Å². The van der Waals surface area contributed by atoms with Crippen LogP contribution in [-0.2, 0) is 0 Å². The van der Waals surface area contributed by atoms with Gasteiger partial charge in [-0.3, -0.25) is 0 Å². The fraction of sp³-hybridized carbons (Fsp3) is 0.647. The Kier molecular flexibility index (Phi) is 7.75. The summed E-state index contributed by atoms with van der Waals surface area (Å²) in [6.45, 7) is 4.50. The van der Waals surface area contributed by atoms with Gasteiger partial charge in [0.2, 0.25) is 0 Å². The first-order chi connectivity index (χ1) is 8.79. The second-order valence-electron chi connectivity index (χ2n) is 5.29. The molecule has 0 spiro atoms. The molecule has 0 bridgehead atoms. The van der Waals surface area contributed by atoms with Crippen molar-refractivity contribution in [3.63, 3.8) is 0 Å². The highest BCUT2D eigenvalue weighted by Gasteiger charge is 2.17. The van der Waals surface area contributed by atoms with Crippen LogP contribution in [-0.4, -0.2) is 6.04 Å². The van der Waals surface area contributed by atoms with E-state index in [1.54, 1.807) is 0 Å². The van der Waals surface area contributed by atoms with Crippen molar-refractivity contribution < 1.29 is 0 Å². The molecule has 1 nitrogen and oxygen atoms in total. The third-order valence-electron chi connectivity index (χ3n) is 3.83. The van der Waals surface area contributed by atoms with Crippen molar-refractivity contribution in [2.75, 3.05) is 0 Å². The zero-order valence-corrected chi connectivity index (χ0v) is 12.1. The highest BCUT2D eigenvalue weighted by molar-refractivity contribution is 5.20.